The molecule has 0 aliphatic heterocycles. The maximum Gasteiger partial charge on any atom is 0.437 e. The second-order valence-electron chi connectivity index (χ2n) is 5.89. The first-order valence-electron chi connectivity index (χ1n) is 8.17. The molecule has 0 fully saturated rings. The van der Waals surface area contributed by atoms with Gasteiger partial charge in [0.25, 0.3) is 0 Å². The van der Waals surface area contributed by atoms with Crippen LogP contribution < -0.4 is 10.1 Å². The minimum atomic E-state index is -4.86. The molecule has 0 aliphatic rings. The number of nitrogens with one attached hydrogen (secondary N) is 1. The number of fused-ring (bicyclic) bond motifs is 1. The normalized spacial score (nSPS) is 11.6. The van der Waals surface area contributed by atoms with Crippen molar-refractivity contribution in [2.75, 3.05) is 5.32 Å². The van der Waals surface area contributed by atoms with E-state index in [0.29, 0.717) is 25.8 Å². The monoisotopic (exact) mass is 456 g/mol. The summed E-state index contributed by atoms with van der Waals surface area (Å²) in [5.41, 5.74) is -0.521. The van der Waals surface area contributed by atoms with Gasteiger partial charge in [-0.05, 0) is 42.5 Å². The lowest BCUT2D eigenvalue weighted by Crippen LogP contribution is -2.20. The van der Waals surface area contributed by atoms with Crippen LogP contribution in [0, 0.1) is 0 Å². The Morgan fingerprint density at radius 1 is 1.10 bits per heavy atom. The third-order valence-electron chi connectivity index (χ3n) is 3.84. The highest BCUT2D eigenvalue weighted by molar-refractivity contribution is 6.31. The number of amides is 1. The Hall–Kier alpha value is -3.24. The zero-order chi connectivity index (χ0) is 21.5. The van der Waals surface area contributed by atoms with Crippen LogP contribution in [-0.4, -0.2) is 20.9 Å². The number of carbonyl (C=O) groups is 1. The highest BCUT2D eigenvalue weighted by atomic mass is 35.5. The van der Waals surface area contributed by atoms with Crippen molar-refractivity contribution in [2.24, 2.45) is 0 Å². The molecule has 0 radical (unpaired) electrons. The number of nitrogens with zero attached hydrogens (tertiary/aromatic N) is 3. The first-order chi connectivity index (χ1) is 14.2. The average molecular weight is 457 g/mol. The molecule has 2 heterocycles. The van der Waals surface area contributed by atoms with Gasteiger partial charge in [-0.25, -0.2) is 14.8 Å². The second-order valence-corrected chi connectivity index (χ2v) is 6.76. The van der Waals surface area contributed by atoms with Gasteiger partial charge in [0.1, 0.15) is 5.52 Å². The van der Waals surface area contributed by atoms with Crippen LogP contribution >= 0.6 is 23.2 Å². The van der Waals surface area contributed by atoms with Gasteiger partial charge in [0.2, 0.25) is 0 Å². The number of anilines is 1. The van der Waals surface area contributed by atoms with Crippen molar-refractivity contribution in [1.29, 1.82) is 0 Å². The summed E-state index contributed by atoms with van der Waals surface area (Å²) in [5.74, 6) is -0.797. The first-order valence-corrected chi connectivity index (χ1v) is 8.92. The number of halogens is 5. The molecule has 0 aliphatic carbocycles. The molecule has 30 heavy (non-hydrogen) atoms. The van der Waals surface area contributed by atoms with E-state index in [4.69, 9.17) is 32.4 Å². The molecular weight excluding hydrogens is 448 g/mol. The molecule has 0 atom stereocenters. The number of carbonyl (C=O) groups excluding carboxylic acids is 1. The van der Waals surface area contributed by atoms with Crippen molar-refractivity contribution < 1.29 is 27.1 Å². The average Bonchev–Trinajstić information content (AvgIpc) is 3.25. The molecule has 2 aromatic heterocycles. The van der Waals surface area contributed by atoms with Gasteiger partial charge >= 0.3 is 18.3 Å². The standard InChI is InChI=1S/C18H9Cl2F3N4O3/c19-9-1-4-11(5-2-9)27-15(18(21,22)23)14(8-24-27)30-17(28)26-16-25-12-7-10(20)3-6-13(12)29-16/h1-8H,(H,25,26,28). The summed E-state index contributed by atoms with van der Waals surface area (Å²) in [6.45, 7) is 0. The van der Waals surface area contributed by atoms with Crippen LogP contribution in [0.25, 0.3) is 16.8 Å². The predicted octanol–water partition coefficient (Wildman–Crippen LogP) is 5.95. The topological polar surface area (TPSA) is 82.2 Å². The number of aromatic nitrogens is 3. The number of benzene rings is 2. The molecule has 0 unspecified atom stereocenters. The van der Waals surface area contributed by atoms with Crippen molar-refractivity contribution >= 4 is 46.4 Å². The lowest BCUT2D eigenvalue weighted by molar-refractivity contribution is -0.143. The summed E-state index contributed by atoms with van der Waals surface area (Å²) < 4.78 is 51.6. The van der Waals surface area contributed by atoms with Crippen LogP contribution in [0.5, 0.6) is 5.75 Å². The van der Waals surface area contributed by atoms with Crippen LogP contribution in [0.3, 0.4) is 0 Å². The van der Waals surface area contributed by atoms with Gasteiger partial charge in [-0.1, -0.05) is 23.2 Å². The molecule has 4 rings (SSSR count). The van der Waals surface area contributed by atoms with Crippen LogP contribution in [0.4, 0.5) is 24.0 Å². The van der Waals surface area contributed by atoms with Gasteiger partial charge in [0.15, 0.2) is 17.0 Å². The Balaban J connectivity index is 1.60. The van der Waals surface area contributed by atoms with Crippen LogP contribution in [-0.2, 0) is 6.18 Å². The molecule has 154 valence electrons. The number of rotatable bonds is 3. The number of ether oxygens (including phenoxy) is 1. The molecule has 0 saturated heterocycles. The summed E-state index contributed by atoms with van der Waals surface area (Å²) in [7, 11) is 0. The highest BCUT2D eigenvalue weighted by Crippen LogP contribution is 2.38. The smallest absolute Gasteiger partial charge is 0.423 e. The number of alkyl halides is 3. The maximum absolute atomic E-state index is 13.6. The molecule has 0 bridgehead atoms. The van der Waals surface area contributed by atoms with Crippen LogP contribution in [0.1, 0.15) is 5.69 Å². The molecule has 1 N–H and O–H groups in total. The zero-order valence-corrected chi connectivity index (χ0v) is 16.1. The van der Waals surface area contributed by atoms with Gasteiger partial charge in [-0.15, -0.1) is 0 Å². The summed E-state index contributed by atoms with van der Waals surface area (Å²) >= 11 is 11.6. The van der Waals surface area contributed by atoms with Crippen molar-refractivity contribution in [2.45, 2.75) is 6.18 Å². The Kier molecular flexibility index (Phi) is 5.04. The fourth-order valence-electron chi connectivity index (χ4n) is 2.61. The zero-order valence-electron chi connectivity index (χ0n) is 14.6. The molecule has 7 nitrogen and oxygen atoms in total. The lowest BCUT2D eigenvalue weighted by atomic mass is 10.3. The van der Waals surface area contributed by atoms with Gasteiger partial charge in [0.05, 0.1) is 11.9 Å². The Morgan fingerprint density at radius 3 is 2.50 bits per heavy atom. The summed E-state index contributed by atoms with van der Waals surface area (Å²) in [5, 5.41) is 6.55. The molecular formula is C18H9Cl2F3N4O3. The quantitative estimate of drug-likeness (QED) is 0.411. The van der Waals surface area contributed by atoms with E-state index >= 15 is 0 Å². The minimum absolute atomic E-state index is 0.0813. The summed E-state index contributed by atoms with van der Waals surface area (Å²) in [4.78, 5) is 16.1. The first kappa shape index (κ1) is 20.0. The van der Waals surface area contributed by atoms with E-state index in [2.05, 4.69) is 15.4 Å². The number of hydrogen-bond acceptors (Lipinski definition) is 5. The van der Waals surface area contributed by atoms with E-state index in [1.54, 1.807) is 6.07 Å². The van der Waals surface area contributed by atoms with Crippen molar-refractivity contribution in [1.82, 2.24) is 14.8 Å². The Bertz CT molecular complexity index is 1240. The van der Waals surface area contributed by atoms with E-state index in [0.717, 1.165) is 6.20 Å². The largest absolute Gasteiger partial charge is 0.437 e. The van der Waals surface area contributed by atoms with E-state index in [1.165, 1.54) is 36.4 Å². The van der Waals surface area contributed by atoms with Crippen molar-refractivity contribution in [3.05, 3.63) is 64.4 Å². The fourth-order valence-corrected chi connectivity index (χ4v) is 2.91. The Morgan fingerprint density at radius 2 is 1.80 bits per heavy atom. The number of oxazole rings is 1. The molecule has 4 aromatic rings. The summed E-state index contributed by atoms with van der Waals surface area (Å²) in [6.07, 6.45) is -5.32. The second kappa shape index (κ2) is 7.54. The van der Waals surface area contributed by atoms with Gasteiger partial charge in [0, 0.05) is 10.0 Å². The molecule has 2 aromatic carbocycles. The van der Waals surface area contributed by atoms with E-state index in [9.17, 15) is 18.0 Å². The number of hydrogen-bond donors (Lipinski definition) is 1. The molecule has 0 saturated carbocycles. The highest BCUT2D eigenvalue weighted by Gasteiger charge is 2.40. The van der Waals surface area contributed by atoms with Crippen molar-refractivity contribution in [3.8, 4) is 11.4 Å². The maximum atomic E-state index is 13.6. The van der Waals surface area contributed by atoms with Gasteiger partial charge < -0.3 is 9.15 Å². The van der Waals surface area contributed by atoms with E-state index in [1.807, 2.05) is 0 Å². The van der Waals surface area contributed by atoms with Gasteiger partial charge in [-0.3, -0.25) is 0 Å². The van der Waals surface area contributed by atoms with Gasteiger partial charge in [-0.2, -0.15) is 23.3 Å². The van der Waals surface area contributed by atoms with Crippen LogP contribution in [0.15, 0.2) is 53.1 Å². The lowest BCUT2D eigenvalue weighted by Gasteiger charge is -2.12. The molecule has 1 amide bonds. The van der Waals surface area contributed by atoms with Crippen molar-refractivity contribution in [3.63, 3.8) is 0 Å². The Labute approximate surface area is 176 Å². The van der Waals surface area contributed by atoms with E-state index in [-0.39, 0.29) is 11.7 Å². The fraction of sp³-hybridized carbons (Fsp3) is 0.0556. The third kappa shape index (κ3) is 4.05. The third-order valence-corrected chi connectivity index (χ3v) is 4.32. The summed E-state index contributed by atoms with van der Waals surface area (Å²) in [6, 6.07) is 9.81. The van der Waals surface area contributed by atoms with E-state index < -0.39 is 23.7 Å². The SMILES string of the molecule is O=C(Nc1nc2cc(Cl)ccc2o1)Oc1cnn(-c2ccc(Cl)cc2)c1C(F)(F)F. The molecule has 0 spiro atoms. The van der Waals surface area contributed by atoms with Crippen LogP contribution in [0.2, 0.25) is 10.0 Å². The minimum Gasteiger partial charge on any atom is -0.423 e. The predicted molar refractivity (Wildman–Crippen MR) is 102 cm³/mol. The molecule has 12 heteroatoms.